The topological polar surface area (TPSA) is 131 Å². The van der Waals surface area contributed by atoms with Crippen LogP contribution in [-0.4, -0.2) is 48.0 Å². The second-order valence-electron chi connectivity index (χ2n) is 5.99. The predicted octanol–water partition coefficient (Wildman–Crippen LogP) is 1.06. The van der Waals surface area contributed by atoms with Crippen molar-refractivity contribution in [3.63, 3.8) is 0 Å². The van der Waals surface area contributed by atoms with Crippen molar-refractivity contribution < 1.29 is 23.9 Å². The Morgan fingerprint density at radius 1 is 1.15 bits per heavy atom. The molecule has 0 spiro atoms. The summed E-state index contributed by atoms with van der Waals surface area (Å²) in [6.45, 7) is 2.17. The van der Waals surface area contributed by atoms with Gasteiger partial charge in [-0.15, -0.1) is 0 Å². The molecule has 2 rings (SSSR count). The number of carbonyl (C=O) groups is 4. The number of urea groups is 2. The molecule has 140 valence electrons. The molecule has 1 atom stereocenters. The zero-order valence-corrected chi connectivity index (χ0v) is 14.4. The first kappa shape index (κ1) is 19.2. The molecule has 9 heteroatoms. The van der Waals surface area contributed by atoms with Gasteiger partial charge < -0.3 is 20.7 Å². The molecule has 26 heavy (non-hydrogen) atoms. The molecular weight excluding hydrogens is 340 g/mol. The Morgan fingerprint density at radius 2 is 1.77 bits per heavy atom. The van der Waals surface area contributed by atoms with Crippen LogP contribution in [0.1, 0.15) is 19.8 Å². The standard InChI is InChI=1S/C17H22N4O5/c1-11(14(22)20-16(18)24)26-15(23)12-7-9-21(10-8-12)17(25)19-13-5-3-2-4-6-13/h2-6,11-12H,7-10H2,1H3,(H,19,25)(H3,18,20,22,24). The number of ether oxygens (including phenoxy) is 1. The maximum absolute atomic E-state index is 12.2. The molecule has 1 fully saturated rings. The molecule has 1 aliphatic rings. The average molecular weight is 362 g/mol. The van der Waals surface area contributed by atoms with Gasteiger partial charge in [-0.25, -0.2) is 9.59 Å². The number of primary amides is 1. The van der Waals surface area contributed by atoms with Gasteiger partial charge in [-0.3, -0.25) is 14.9 Å². The molecule has 4 N–H and O–H groups in total. The van der Waals surface area contributed by atoms with Crippen molar-refractivity contribution in [1.82, 2.24) is 10.2 Å². The number of imide groups is 1. The van der Waals surface area contributed by atoms with Crippen LogP contribution >= 0.6 is 0 Å². The molecule has 1 aromatic rings. The van der Waals surface area contributed by atoms with E-state index < -0.39 is 29.9 Å². The number of anilines is 1. The Labute approximate surface area is 150 Å². The van der Waals surface area contributed by atoms with Gasteiger partial charge in [0.1, 0.15) is 0 Å². The van der Waals surface area contributed by atoms with Crippen LogP contribution in [0.2, 0.25) is 0 Å². The fourth-order valence-corrected chi connectivity index (χ4v) is 2.59. The fraction of sp³-hybridized carbons (Fsp3) is 0.412. The van der Waals surface area contributed by atoms with Crippen LogP contribution in [0.25, 0.3) is 0 Å². The van der Waals surface area contributed by atoms with Crippen molar-refractivity contribution in [3.05, 3.63) is 30.3 Å². The molecule has 0 bridgehead atoms. The minimum atomic E-state index is -1.12. The summed E-state index contributed by atoms with van der Waals surface area (Å²) in [6.07, 6.45) is -0.245. The molecule has 0 saturated carbocycles. The molecule has 1 aliphatic heterocycles. The molecular formula is C17H22N4O5. The number of hydrogen-bond acceptors (Lipinski definition) is 5. The van der Waals surface area contributed by atoms with Gasteiger partial charge in [-0.1, -0.05) is 18.2 Å². The minimum Gasteiger partial charge on any atom is -0.452 e. The summed E-state index contributed by atoms with van der Waals surface area (Å²) in [5.74, 6) is -1.70. The normalized spacial score (nSPS) is 15.7. The van der Waals surface area contributed by atoms with Crippen molar-refractivity contribution in [3.8, 4) is 0 Å². The van der Waals surface area contributed by atoms with Gasteiger partial charge in [0.15, 0.2) is 6.10 Å². The Hall–Kier alpha value is -3.10. The van der Waals surface area contributed by atoms with E-state index in [0.717, 1.165) is 0 Å². The first-order valence-electron chi connectivity index (χ1n) is 8.28. The lowest BCUT2D eigenvalue weighted by molar-refractivity contribution is -0.159. The number of carbonyl (C=O) groups excluding carboxylic acids is 4. The number of rotatable bonds is 4. The monoisotopic (exact) mass is 362 g/mol. The highest BCUT2D eigenvalue weighted by Crippen LogP contribution is 2.20. The molecule has 0 aliphatic carbocycles. The van der Waals surface area contributed by atoms with Gasteiger partial charge in [0, 0.05) is 18.8 Å². The molecule has 1 saturated heterocycles. The maximum Gasteiger partial charge on any atom is 0.321 e. The Morgan fingerprint density at radius 3 is 2.35 bits per heavy atom. The summed E-state index contributed by atoms with van der Waals surface area (Å²) >= 11 is 0. The van der Waals surface area contributed by atoms with Gasteiger partial charge in [-0.05, 0) is 31.9 Å². The molecule has 1 heterocycles. The number of amides is 5. The molecule has 1 aromatic carbocycles. The molecule has 0 radical (unpaired) electrons. The third kappa shape index (κ3) is 5.47. The second kappa shape index (κ2) is 8.84. The van der Waals surface area contributed by atoms with Crippen LogP contribution in [0.15, 0.2) is 30.3 Å². The van der Waals surface area contributed by atoms with E-state index in [9.17, 15) is 19.2 Å². The molecule has 5 amide bonds. The lowest BCUT2D eigenvalue weighted by atomic mass is 9.97. The van der Waals surface area contributed by atoms with E-state index in [2.05, 4.69) is 5.32 Å². The summed E-state index contributed by atoms with van der Waals surface area (Å²) in [4.78, 5) is 48.1. The molecule has 0 aromatic heterocycles. The van der Waals surface area contributed by atoms with Crippen molar-refractivity contribution in [2.24, 2.45) is 11.7 Å². The van der Waals surface area contributed by atoms with Crippen molar-refractivity contribution >= 4 is 29.6 Å². The summed E-state index contributed by atoms with van der Waals surface area (Å²) in [6, 6.07) is 7.87. The predicted molar refractivity (Wildman–Crippen MR) is 93.0 cm³/mol. The summed E-state index contributed by atoms with van der Waals surface area (Å²) < 4.78 is 5.07. The highest BCUT2D eigenvalue weighted by atomic mass is 16.5. The summed E-state index contributed by atoms with van der Waals surface area (Å²) in [7, 11) is 0. The Bertz CT molecular complexity index is 671. The lowest BCUT2D eigenvalue weighted by Crippen LogP contribution is -2.45. The van der Waals surface area contributed by atoms with Crippen LogP contribution in [0, 0.1) is 5.92 Å². The highest BCUT2D eigenvalue weighted by molar-refractivity contribution is 5.96. The second-order valence-corrected chi connectivity index (χ2v) is 5.99. The zero-order valence-electron chi connectivity index (χ0n) is 14.4. The third-order valence-electron chi connectivity index (χ3n) is 4.05. The molecule has 9 nitrogen and oxygen atoms in total. The zero-order chi connectivity index (χ0) is 19.1. The van der Waals surface area contributed by atoms with Crippen LogP contribution in [0.4, 0.5) is 15.3 Å². The van der Waals surface area contributed by atoms with Gasteiger partial charge in [0.2, 0.25) is 0 Å². The van der Waals surface area contributed by atoms with Crippen LogP contribution in [-0.2, 0) is 14.3 Å². The van der Waals surface area contributed by atoms with Gasteiger partial charge in [0.05, 0.1) is 5.92 Å². The largest absolute Gasteiger partial charge is 0.452 e. The number of esters is 1. The SMILES string of the molecule is CC(OC(=O)C1CCN(C(=O)Nc2ccccc2)CC1)C(=O)NC(N)=O. The number of benzene rings is 1. The number of piperidine rings is 1. The number of nitrogens with two attached hydrogens (primary N) is 1. The lowest BCUT2D eigenvalue weighted by Gasteiger charge is -2.31. The van der Waals surface area contributed by atoms with Crippen LogP contribution < -0.4 is 16.4 Å². The number of nitrogens with zero attached hydrogens (tertiary/aromatic N) is 1. The van der Waals surface area contributed by atoms with E-state index in [1.54, 1.807) is 17.0 Å². The van der Waals surface area contributed by atoms with E-state index in [-0.39, 0.29) is 6.03 Å². The Kier molecular flexibility index (Phi) is 6.54. The number of likely N-dealkylation sites (tertiary alicyclic amines) is 1. The first-order valence-corrected chi connectivity index (χ1v) is 8.28. The van der Waals surface area contributed by atoms with Crippen molar-refractivity contribution in [2.45, 2.75) is 25.9 Å². The van der Waals surface area contributed by atoms with Gasteiger partial charge in [0.25, 0.3) is 5.91 Å². The van der Waals surface area contributed by atoms with Crippen LogP contribution in [0.5, 0.6) is 0 Å². The quantitative estimate of drug-likeness (QED) is 0.689. The van der Waals surface area contributed by atoms with Crippen molar-refractivity contribution in [2.75, 3.05) is 18.4 Å². The summed E-state index contributed by atoms with van der Waals surface area (Å²) in [5.41, 5.74) is 5.55. The maximum atomic E-state index is 12.2. The van der Waals surface area contributed by atoms with E-state index >= 15 is 0 Å². The van der Waals surface area contributed by atoms with Gasteiger partial charge in [-0.2, -0.15) is 0 Å². The van der Waals surface area contributed by atoms with Crippen LogP contribution in [0.3, 0.4) is 0 Å². The molecule has 1 unspecified atom stereocenters. The third-order valence-corrected chi connectivity index (χ3v) is 4.05. The highest BCUT2D eigenvalue weighted by Gasteiger charge is 2.30. The van der Waals surface area contributed by atoms with E-state index in [0.29, 0.717) is 31.6 Å². The van der Waals surface area contributed by atoms with E-state index in [4.69, 9.17) is 10.5 Å². The number of hydrogen-bond donors (Lipinski definition) is 3. The first-order chi connectivity index (χ1) is 12.4. The smallest absolute Gasteiger partial charge is 0.321 e. The van der Waals surface area contributed by atoms with E-state index in [1.165, 1.54) is 6.92 Å². The Balaban J connectivity index is 1.78. The number of nitrogens with one attached hydrogen (secondary N) is 2. The minimum absolute atomic E-state index is 0.225. The fourth-order valence-electron chi connectivity index (χ4n) is 2.59. The van der Waals surface area contributed by atoms with Crippen molar-refractivity contribution in [1.29, 1.82) is 0 Å². The van der Waals surface area contributed by atoms with E-state index in [1.807, 2.05) is 23.5 Å². The average Bonchev–Trinajstić information content (AvgIpc) is 2.62. The number of para-hydroxylation sites is 1. The van der Waals surface area contributed by atoms with Gasteiger partial charge >= 0.3 is 18.0 Å². The summed E-state index contributed by atoms with van der Waals surface area (Å²) in [5, 5.41) is 4.65.